The van der Waals surface area contributed by atoms with Crippen LogP contribution in [0.3, 0.4) is 0 Å². The molecule has 2 unspecified atom stereocenters. The van der Waals surface area contributed by atoms with Crippen LogP contribution >= 0.6 is 13.8 Å². The highest BCUT2D eigenvalue weighted by atomic mass is 31.2. The van der Waals surface area contributed by atoms with Crippen LogP contribution in [0.4, 0.5) is 9.59 Å². The first kappa shape index (κ1) is 34.7. The molecule has 0 spiro atoms. The number of aliphatic hydroxyl groups excluding tert-OH is 3. The average Bonchev–Trinajstić information content (AvgIpc) is 3.46. The molecule has 3 saturated heterocycles. The highest BCUT2D eigenvalue weighted by molar-refractivity contribution is 7.72. The summed E-state index contributed by atoms with van der Waals surface area (Å²) in [5.41, 5.74) is 0.591. The Morgan fingerprint density at radius 2 is 1.34 bits per heavy atom. The van der Waals surface area contributed by atoms with Gasteiger partial charge in [-0.2, -0.15) is 0 Å². The molecule has 0 radical (unpaired) electrons. The molecule has 0 aromatic carbocycles. The van der Waals surface area contributed by atoms with E-state index in [1.165, 1.54) is 6.20 Å². The fourth-order valence-electron chi connectivity index (χ4n) is 5.80. The van der Waals surface area contributed by atoms with Gasteiger partial charge in [0.05, 0.1) is 12.2 Å². The molecule has 4 amide bonds. The number of fused-ring (bicyclic) bond motifs is 2. The van der Waals surface area contributed by atoms with Crippen LogP contribution in [0.2, 0.25) is 0 Å². The van der Waals surface area contributed by atoms with Crippen LogP contribution in [-0.4, -0.2) is 133 Å². The van der Waals surface area contributed by atoms with Crippen molar-refractivity contribution in [3.05, 3.63) is 48.1 Å². The van der Waals surface area contributed by atoms with E-state index in [0.717, 1.165) is 18.7 Å². The van der Waals surface area contributed by atoms with E-state index < -0.39 is 61.6 Å². The topological polar surface area (TPSA) is 171 Å². The number of nitrogens with one attached hydrogen (secondary N) is 4. The van der Waals surface area contributed by atoms with Gasteiger partial charge in [-0.25, -0.2) is 9.59 Å². The summed E-state index contributed by atoms with van der Waals surface area (Å²) < 4.78 is 17.9. The Bertz CT molecular complexity index is 1320. The van der Waals surface area contributed by atoms with Crippen molar-refractivity contribution in [2.75, 3.05) is 45.6 Å². The fourth-order valence-corrected chi connectivity index (χ4v) is 7.83. The second-order valence-corrected chi connectivity index (χ2v) is 22.4. The number of aliphatic hydroxyl groups is 3. The quantitative estimate of drug-likeness (QED) is 0.193. The van der Waals surface area contributed by atoms with E-state index in [-0.39, 0.29) is 12.1 Å². The number of carbonyl (C=O) groups is 2. The van der Waals surface area contributed by atoms with Crippen LogP contribution in [-0.2, 0) is 14.2 Å². The molecule has 0 saturated carbocycles. The molecule has 0 aromatic heterocycles. The summed E-state index contributed by atoms with van der Waals surface area (Å²) in [6.45, 7) is 15.9. The summed E-state index contributed by atoms with van der Waals surface area (Å²) in [4.78, 5) is 22.5. The monoisotopic (exact) mass is 654 g/mol. The Balaban J connectivity index is 0.000000201. The van der Waals surface area contributed by atoms with Crippen LogP contribution in [0.25, 0.3) is 0 Å². The highest BCUT2D eigenvalue weighted by Crippen LogP contribution is 2.48. The standard InChI is InChI=1S/C15H23N2O4P.C15H25N2O4P/c1-9-10(7-16-14(19)17-9)11-12-13(18)15(21-11,8-20-12)5-6-22(2,3)4;1-9-10(8-16-14(20)17-9)12-11(18)13(19)15(2,21-12)6-7-22(3,4)5/h7,11-13,18H,1-2,5-6,8H2,3-4H3,(H2,16,17,19);8,11-13,18-19H,1,3,6-7H2,2,4-5H3,(H2,16,17,20)/t11?,12-,13-,15-;11-,12?,13-,15+/m00/s1. The minimum absolute atomic E-state index is 0.323. The average molecular weight is 655 g/mol. The van der Waals surface area contributed by atoms with Gasteiger partial charge in [0.15, 0.2) is 0 Å². The van der Waals surface area contributed by atoms with E-state index in [2.05, 4.69) is 73.7 Å². The Labute approximate surface area is 259 Å². The van der Waals surface area contributed by atoms with Crippen molar-refractivity contribution < 1.29 is 39.1 Å². The number of hydrogen-bond donors (Lipinski definition) is 7. The van der Waals surface area contributed by atoms with E-state index in [0.29, 0.717) is 35.6 Å². The predicted molar refractivity (Wildman–Crippen MR) is 177 cm³/mol. The van der Waals surface area contributed by atoms with Gasteiger partial charge in [0.2, 0.25) is 0 Å². The maximum atomic E-state index is 11.3. The lowest BCUT2D eigenvalue weighted by Crippen LogP contribution is -2.44. The predicted octanol–water partition coefficient (Wildman–Crippen LogP) is 1.37. The molecule has 5 heterocycles. The van der Waals surface area contributed by atoms with E-state index >= 15 is 0 Å². The smallest absolute Gasteiger partial charge is 0.323 e. The van der Waals surface area contributed by atoms with Crippen LogP contribution in [0, 0.1) is 0 Å². The molecule has 7 N–H and O–H groups in total. The van der Waals surface area contributed by atoms with Gasteiger partial charge >= 0.3 is 12.1 Å². The fraction of sp³-hybridized carbons (Fsp3) is 0.600. The maximum absolute atomic E-state index is 11.3. The van der Waals surface area contributed by atoms with E-state index in [1.54, 1.807) is 13.1 Å². The zero-order valence-corrected chi connectivity index (χ0v) is 28.0. The molecule has 5 aliphatic heterocycles. The van der Waals surface area contributed by atoms with Crippen LogP contribution in [0.1, 0.15) is 19.8 Å². The van der Waals surface area contributed by atoms with Crippen molar-refractivity contribution in [2.24, 2.45) is 0 Å². The number of rotatable bonds is 8. The molecule has 0 aromatic rings. The molecule has 5 rings (SSSR count). The van der Waals surface area contributed by atoms with Crippen LogP contribution < -0.4 is 21.3 Å². The zero-order valence-electron chi connectivity index (χ0n) is 26.3. The van der Waals surface area contributed by atoms with Crippen molar-refractivity contribution >= 4 is 38.4 Å². The van der Waals surface area contributed by atoms with Gasteiger partial charge in [-0.1, -0.05) is 13.2 Å². The van der Waals surface area contributed by atoms with E-state index in [1.807, 2.05) is 0 Å². The molecule has 44 heavy (non-hydrogen) atoms. The third-order valence-electron chi connectivity index (χ3n) is 8.60. The molecular formula is C30H48N4O8P2. The highest BCUT2D eigenvalue weighted by Gasteiger charge is 2.61. The largest absolute Gasteiger partial charge is 0.387 e. The summed E-state index contributed by atoms with van der Waals surface area (Å²) in [6.07, 6.45) is 10.2. The van der Waals surface area contributed by atoms with Crippen molar-refractivity contribution in [3.8, 4) is 0 Å². The SMILES string of the molecule is C=C1NC(=O)NC=C1C1O[C@@]2(CCP(=C)(C)C)CO[C@@H]1[C@@H]2O.C=C1NC(=O)NC=C1C1O[C@](C)(CCP(=C)(C)C)[C@@H](O)[C@H]1O. The van der Waals surface area contributed by atoms with Crippen molar-refractivity contribution in [3.63, 3.8) is 0 Å². The second-order valence-electron chi connectivity index (χ2n) is 13.8. The third-order valence-corrected chi connectivity index (χ3v) is 11.5. The molecule has 14 heteroatoms. The molecule has 5 aliphatic rings. The van der Waals surface area contributed by atoms with Gasteiger partial charge in [-0.05, 0) is 58.7 Å². The normalized spacial score (nSPS) is 36.8. The Morgan fingerprint density at radius 3 is 1.84 bits per heavy atom. The molecule has 12 nitrogen and oxygen atoms in total. The first-order valence-corrected chi connectivity index (χ1v) is 20.7. The summed E-state index contributed by atoms with van der Waals surface area (Å²) in [6, 6.07) is -0.704. The van der Waals surface area contributed by atoms with Crippen LogP contribution in [0.15, 0.2) is 48.1 Å². The van der Waals surface area contributed by atoms with Crippen molar-refractivity contribution in [2.45, 2.75) is 67.6 Å². The van der Waals surface area contributed by atoms with E-state index in [9.17, 15) is 24.9 Å². The first-order valence-electron chi connectivity index (χ1n) is 14.6. The van der Waals surface area contributed by atoms with Crippen LogP contribution in [0.5, 0.6) is 0 Å². The minimum atomic E-state index is -1.25. The van der Waals surface area contributed by atoms with Gasteiger partial charge < -0.3 is 50.8 Å². The van der Waals surface area contributed by atoms with Crippen molar-refractivity contribution in [1.82, 2.24) is 21.3 Å². The number of ether oxygens (including phenoxy) is 3. The van der Waals surface area contributed by atoms with Gasteiger partial charge in [0.1, 0.15) is 42.2 Å². The van der Waals surface area contributed by atoms with Gasteiger partial charge in [0, 0.05) is 34.9 Å². The second kappa shape index (κ2) is 12.6. The Hall–Kier alpha value is -2.14. The summed E-state index contributed by atoms with van der Waals surface area (Å²) >= 11 is 0. The molecule has 0 aliphatic carbocycles. The van der Waals surface area contributed by atoms with Gasteiger partial charge in [-0.15, -0.1) is 26.4 Å². The number of amides is 4. The lowest BCUT2D eigenvalue weighted by molar-refractivity contribution is -0.132. The summed E-state index contributed by atoms with van der Waals surface area (Å²) in [5, 5.41) is 41.6. The Kier molecular flexibility index (Phi) is 9.92. The summed E-state index contributed by atoms with van der Waals surface area (Å²) in [5.74, 6) is 0. The Morgan fingerprint density at radius 1 is 0.841 bits per heavy atom. The molecule has 246 valence electrons. The molecule has 3 fully saturated rings. The molecule has 2 bridgehead atoms. The van der Waals surface area contributed by atoms with Gasteiger partial charge in [0.25, 0.3) is 0 Å². The van der Waals surface area contributed by atoms with E-state index in [4.69, 9.17) is 14.2 Å². The van der Waals surface area contributed by atoms with Crippen molar-refractivity contribution in [1.29, 1.82) is 0 Å². The first-order chi connectivity index (χ1) is 20.3. The summed E-state index contributed by atoms with van der Waals surface area (Å²) in [7, 11) is 0. The third kappa shape index (κ3) is 7.45. The minimum Gasteiger partial charge on any atom is -0.387 e. The zero-order chi connectivity index (χ0) is 32.8. The number of urea groups is 2. The maximum Gasteiger partial charge on any atom is 0.323 e. The van der Waals surface area contributed by atoms with Gasteiger partial charge in [-0.3, -0.25) is 0 Å². The lowest BCUT2D eigenvalue weighted by atomic mass is 9.92. The molecule has 8 atom stereocenters. The number of carbonyl (C=O) groups excluding carboxylic acids is 2. The molecular weight excluding hydrogens is 606 g/mol. The number of hydrogen-bond acceptors (Lipinski definition) is 8. The lowest BCUT2D eigenvalue weighted by Gasteiger charge is -2.34.